The van der Waals surface area contributed by atoms with E-state index in [4.69, 9.17) is 0 Å². The predicted molar refractivity (Wildman–Crippen MR) is 91.6 cm³/mol. The smallest absolute Gasteiger partial charge is 0.260 e. The fourth-order valence-electron chi connectivity index (χ4n) is 3.11. The number of hydrogen-bond acceptors (Lipinski definition) is 3. The minimum atomic E-state index is -6.20. The third-order valence-electron chi connectivity index (χ3n) is 4.61. The number of nitro benzene ring substituents is 1. The van der Waals surface area contributed by atoms with Gasteiger partial charge in [-0.3, -0.25) is 14.8 Å². The van der Waals surface area contributed by atoms with Crippen LogP contribution < -0.4 is 0 Å². The van der Waals surface area contributed by atoms with Gasteiger partial charge in [0.05, 0.1) is 23.2 Å². The van der Waals surface area contributed by atoms with Crippen molar-refractivity contribution < 1.29 is 35.7 Å². The van der Waals surface area contributed by atoms with E-state index in [0.29, 0.717) is 23.3 Å². The van der Waals surface area contributed by atoms with Crippen LogP contribution in [-0.2, 0) is 12.2 Å². The van der Waals surface area contributed by atoms with E-state index in [9.17, 15) is 40.8 Å². The molecule has 0 atom stereocenters. The van der Waals surface area contributed by atoms with Gasteiger partial charge in [0, 0.05) is 22.6 Å². The Bertz CT molecular complexity index is 1110. The molecular weight excluding hydrogens is 423 g/mol. The number of hydrogen-bond donors (Lipinski definition) is 0. The lowest BCUT2D eigenvalue weighted by Crippen LogP contribution is -2.50. The Labute approximate surface area is 163 Å². The lowest BCUT2D eigenvalue weighted by Gasteiger charge is -2.30. The second-order valence-electron chi connectivity index (χ2n) is 6.61. The molecule has 5 nitrogen and oxygen atoms in total. The van der Waals surface area contributed by atoms with Gasteiger partial charge in [0.2, 0.25) is 0 Å². The highest BCUT2D eigenvalue weighted by Crippen LogP contribution is 2.53. The first-order chi connectivity index (χ1) is 13.8. The highest BCUT2D eigenvalue weighted by Gasteiger charge is 2.73. The molecule has 0 radical (unpaired) electrons. The second-order valence-corrected chi connectivity index (χ2v) is 6.61. The Morgan fingerprint density at radius 3 is 2.17 bits per heavy atom. The third kappa shape index (κ3) is 3.46. The van der Waals surface area contributed by atoms with Crippen LogP contribution in [0.2, 0.25) is 0 Å². The number of rotatable bonds is 4. The summed E-state index contributed by atoms with van der Waals surface area (Å²) in [4.78, 5) is 10.3. The van der Waals surface area contributed by atoms with Gasteiger partial charge < -0.3 is 0 Å². The molecule has 160 valence electrons. The molecule has 0 saturated carbocycles. The van der Waals surface area contributed by atoms with Crippen molar-refractivity contribution in [2.24, 2.45) is 0 Å². The van der Waals surface area contributed by atoms with Crippen LogP contribution in [0, 0.1) is 17.0 Å². The summed E-state index contributed by atoms with van der Waals surface area (Å²) in [6.07, 6.45) is -11.4. The van der Waals surface area contributed by atoms with Crippen molar-refractivity contribution in [1.29, 1.82) is 0 Å². The normalized spacial score (nSPS) is 13.1. The molecular formula is C18H12F7N3O2. The van der Waals surface area contributed by atoms with Crippen LogP contribution in [0.4, 0.5) is 36.4 Å². The maximum Gasteiger partial charge on any atom is 0.435 e. The van der Waals surface area contributed by atoms with E-state index in [2.05, 4.69) is 5.10 Å². The Balaban J connectivity index is 2.01. The molecule has 0 spiro atoms. The highest BCUT2D eigenvalue weighted by atomic mass is 19.4. The van der Waals surface area contributed by atoms with Gasteiger partial charge in [-0.05, 0) is 30.7 Å². The van der Waals surface area contributed by atoms with Gasteiger partial charge in [-0.1, -0.05) is 12.1 Å². The maximum absolute atomic E-state index is 14.2. The summed E-state index contributed by atoms with van der Waals surface area (Å²) in [6, 6.07) is 6.04. The molecule has 0 aliphatic heterocycles. The quantitative estimate of drug-likeness (QED) is 0.305. The van der Waals surface area contributed by atoms with Crippen molar-refractivity contribution in [3.05, 3.63) is 69.4 Å². The van der Waals surface area contributed by atoms with E-state index in [1.54, 1.807) is 0 Å². The molecule has 2 aromatic carbocycles. The summed E-state index contributed by atoms with van der Waals surface area (Å²) in [5.74, 6) is 0. The number of benzene rings is 2. The van der Waals surface area contributed by atoms with Gasteiger partial charge in [0.25, 0.3) is 5.69 Å². The lowest BCUT2D eigenvalue weighted by molar-refractivity contribution is -0.385. The van der Waals surface area contributed by atoms with Crippen LogP contribution in [-0.4, -0.2) is 27.1 Å². The lowest BCUT2D eigenvalue weighted by atomic mass is 9.93. The largest absolute Gasteiger partial charge is 0.435 e. The summed E-state index contributed by atoms with van der Waals surface area (Å²) < 4.78 is 93.2. The number of aromatic nitrogens is 2. The number of alkyl halides is 7. The van der Waals surface area contributed by atoms with E-state index in [0.717, 1.165) is 12.3 Å². The fourth-order valence-corrected chi connectivity index (χ4v) is 3.11. The highest BCUT2D eigenvalue weighted by molar-refractivity contribution is 5.79. The van der Waals surface area contributed by atoms with Gasteiger partial charge >= 0.3 is 18.0 Å². The van der Waals surface area contributed by atoms with E-state index in [1.807, 2.05) is 0 Å². The number of nitrogens with zero attached hydrogens (tertiary/aromatic N) is 3. The SMILES string of the molecule is Cc1cc(Cn2ncc3cc(C(F)(C(F)(F)F)C(F)(F)F)ccc32)ccc1[N+](=O)[O-]. The zero-order chi connectivity index (χ0) is 22.5. The summed E-state index contributed by atoms with van der Waals surface area (Å²) in [5, 5.41) is 14.7. The first kappa shape index (κ1) is 21.5. The van der Waals surface area contributed by atoms with E-state index < -0.39 is 28.5 Å². The van der Waals surface area contributed by atoms with Gasteiger partial charge in [0.1, 0.15) is 0 Å². The monoisotopic (exact) mass is 435 g/mol. The topological polar surface area (TPSA) is 61.0 Å². The number of fused-ring (bicyclic) bond motifs is 1. The number of nitro groups is 1. The van der Waals surface area contributed by atoms with E-state index in [-0.39, 0.29) is 23.1 Å². The van der Waals surface area contributed by atoms with E-state index >= 15 is 0 Å². The average molecular weight is 435 g/mol. The molecule has 0 fully saturated rings. The summed E-state index contributed by atoms with van der Waals surface area (Å²) in [6.45, 7) is 1.56. The van der Waals surface area contributed by atoms with Gasteiger partial charge in [-0.15, -0.1) is 0 Å². The van der Waals surface area contributed by atoms with Crippen LogP contribution in [0.15, 0.2) is 42.6 Å². The minimum Gasteiger partial charge on any atom is -0.260 e. The standard InChI is InChI=1S/C18H12F7N3O2/c1-10-6-11(2-4-14(10)28(29)30)9-27-15-5-3-13(7-12(15)8-26-27)16(19,17(20,21)22)18(23,24)25/h2-8H,9H2,1H3. The molecule has 3 aromatic rings. The maximum atomic E-state index is 14.2. The number of aryl methyl sites for hydroxylation is 1. The first-order valence-electron chi connectivity index (χ1n) is 8.28. The predicted octanol–water partition coefficient (Wildman–Crippen LogP) is 5.59. The van der Waals surface area contributed by atoms with Crippen LogP contribution in [0.3, 0.4) is 0 Å². The van der Waals surface area contributed by atoms with Crippen molar-refractivity contribution in [2.45, 2.75) is 31.5 Å². The van der Waals surface area contributed by atoms with Gasteiger partial charge in [-0.25, -0.2) is 4.39 Å². The summed E-state index contributed by atoms with van der Waals surface area (Å²) in [5.41, 5.74) is -6.12. The fraction of sp³-hybridized carbons (Fsp3) is 0.278. The molecule has 0 unspecified atom stereocenters. The zero-order valence-corrected chi connectivity index (χ0v) is 15.1. The van der Waals surface area contributed by atoms with Crippen LogP contribution in [0.1, 0.15) is 16.7 Å². The Hall–Kier alpha value is -3.18. The van der Waals surface area contributed by atoms with Gasteiger partial charge in [0.15, 0.2) is 0 Å². The van der Waals surface area contributed by atoms with Crippen LogP contribution >= 0.6 is 0 Å². The molecule has 30 heavy (non-hydrogen) atoms. The summed E-state index contributed by atoms with van der Waals surface area (Å²) >= 11 is 0. The molecule has 0 saturated heterocycles. The molecule has 0 aliphatic rings. The molecule has 0 bridgehead atoms. The van der Waals surface area contributed by atoms with Crippen molar-refractivity contribution in [3.8, 4) is 0 Å². The van der Waals surface area contributed by atoms with E-state index in [1.165, 1.54) is 29.8 Å². The van der Waals surface area contributed by atoms with Crippen molar-refractivity contribution in [1.82, 2.24) is 9.78 Å². The molecule has 12 heteroatoms. The zero-order valence-electron chi connectivity index (χ0n) is 15.1. The summed E-state index contributed by atoms with van der Waals surface area (Å²) in [7, 11) is 0. The second kappa shape index (κ2) is 6.96. The Morgan fingerprint density at radius 1 is 1.00 bits per heavy atom. The molecule has 1 heterocycles. The Morgan fingerprint density at radius 2 is 1.63 bits per heavy atom. The molecule has 0 aliphatic carbocycles. The van der Waals surface area contributed by atoms with Crippen LogP contribution in [0.5, 0.6) is 0 Å². The van der Waals surface area contributed by atoms with Crippen molar-refractivity contribution >= 4 is 16.6 Å². The molecule has 0 N–H and O–H groups in total. The molecule has 1 aromatic heterocycles. The molecule has 0 amide bonds. The van der Waals surface area contributed by atoms with Crippen molar-refractivity contribution in [2.75, 3.05) is 0 Å². The van der Waals surface area contributed by atoms with Gasteiger partial charge in [-0.2, -0.15) is 31.4 Å². The minimum absolute atomic E-state index is 0.0426. The average Bonchev–Trinajstić information content (AvgIpc) is 3.01. The first-order valence-corrected chi connectivity index (χ1v) is 8.28. The third-order valence-corrected chi connectivity index (χ3v) is 4.61. The van der Waals surface area contributed by atoms with Crippen LogP contribution in [0.25, 0.3) is 10.9 Å². The number of halogens is 7. The van der Waals surface area contributed by atoms with Crippen molar-refractivity contribution in [3.63, 3.8) is 0 Å². The molecule has 3 rings (SSSR count). The Kier molecular flexibility index (Phi) is 4.99.